The van der Waals surface area contributed by atoms with Crippen LogP contribution in [-0.2, 0) is 14.3 Å². The molecule has 0 radical (unpaired) electrons. The topological polar surface area (TPSA) is 65.4 Å². The van der Waals surface area contributed by atoms with Crippen LogP contribution in [0.15, 0.2) is 42.6 Å². The van der Waals surface area contributed by atoms with Crippen molar-refractivity contribution in [1.82, 2.24) is 9.78 Å². The SMILES string of the molecule is CCOCCOC(C)C(=O)Nc1ccn(-c2ccccc2)n1. The molecule has 0 bridgehead atoms. The van der Waals surface area contributed by atoms with Crippen LogP contribution in [0.1, 0.15) is 13.8 Å². The number of benzene rings is 1. The maximum absolute atomic E-state index is 12.0. The molecule has 1 aromatic carbocycles. The molecule has 1 atom stereocenters. The molecule has 1 amide bonds. The maximum atomic E-state index is 12.0. The standard InChI is InChI=1S/C16H21N3O3/c1-3-21-11-12-22-13(2)16(20)17-15-9-10-19(18-15)14-7-5-4-6-8-14/h4-10,13H,3,11-12H2,1-2H3,(H,17,18,20). The van der Waals surface area contributed by atoms with E-state index >= 15 is 0 Å². The molecule has 118 valence electrons. The van der Waals surface area contributed by atoms with Gasteiger partial charge in [-0.15, -0.1) is 0 Å². The average molecular weight is 303 g/mol. The van der Waals surface area contributed by atoms with Gasteiger partial charge in [-0.3, -0.25) is 4.79 Å². The lowest BCUT2D eigenvalue weighted by atomic mass is 10.3. The Hall–Kier alpha value is -2.18. The second-order valence-electron chi connectivity index (χ2n) is 4.68. The summed E-state index contributed by atoms with van der Waals surface area (Å²) < 4.78 is 12.3. The second kappa shape index (κ2) is 8.31. The van der Waals surface area contributed by atoms with Crippen LogP contribution in [0.3, 0.4) is 0 Å². The summed E-state index contributed by atoms with van der Waals surface area (Å²) in [6.45, 7) is 5.13. The van der Waals surface area contributed by atoms with Crippen LogP contribution in [-0.4, -0.2) is 41.6 Å². The van der Waals surface area contributed by atoms with Gasteiger partial charge >= 0.3 is 0 Å². The number of rotatable bonds is 8. The van der Waals surface area contributed by atoms with Gasteiger partial charge in [-0.2, -0.15) is 5.10 Å². The molecule has 2 aromatic rings. The summed E-state index contributed by atoms with van der Waals surface area (Å²) in [6, 6.07) is 11.4. The fraction of sp³-hybridized carbons (Fsp3) is 0.375. The Kier molecular flexibility index (Phi) is 6.12. The van der Waals surface area contributed by atoms with Gasteiger partial charge in [0.05, 0.1) is 18.9 Å². The number of para-hydroxylation sites is 1. The Morgan fingerprint density at radius 1 is 1.27 bits per heavy atom. The first kappa shape index (κ1) is 16.2. The Balaban J connectivity index is 1.86. The van der Waals surface area contributed by atoms with Crippen molar-refractivity contribution in [3.8, 4) is 5.69 Å². The van der Waals surface area contributed by atoms with Crippen molar-refractivity contribution in [1.29, 1.82) is 0 Å². The summed E-state index contributed by atoms with van der Waals surface area (Å²) in [7, 11) is 0. The van der Waals surface area contributed by atoms with Crippen LogP contribution in [0, 0.1) is 0 Å². The van der Waals surface area contributed by atoms with Gasteiger partial charge in [0.15, 0.2) is 5.82 Å². The first-order chi connectivity index (χ1) is 10.7. The summed E-state index contributed by atoms with van der Waals surface area (Å²) in [5, 5.41) is 7.05. The number of nitrogens with one attached hydrogen (secondary N) is 1. The molecule has 1 unspecified atom stereocenters. The highest BCUT2D eigenvalue weighted by Gasteiger charge is 2.14. The lowest BCUT2D eigenvalue weighted by Gasteiger charge is -2.12. The molecule has 0 aliphatic heterocycles. The minimum Gasteiger partial charge on any atom is -0.379 e. The number of hydrogen-bond acceptors (Lipinski definition) is 4. The van der Waals surface area contributed by atoms with Crippen LogP contribution in [0.2, 0.25) is 0 Å². The van der Waals surface area contributed by atoms with Crippen molar-refractivity contribution in [2.24, 2.45) is 0 Å². The molecule has 0 aliphatic rings. The Morgan fingerprint density at radius 3 is 2.77 bits per heavy atom. The number of amides is 1. The van der Waals surface area contributed by atoms with E-state index in [1.165, 1.54) is 0 Å². The van der Waals surface area contributed by atoms with E-state index in [9.17, 15) is 4.79 Å². The Labute approximate surface area is 130 Å². The van der Waals surface area contributed by atoms with E-state index < -0.39 is 6.10 Å². The highest BCUT2D eigenvalue weighted by Crippen LogP contribution is 2.10. The Morgan fingerprint density at radius 2 is 2.05 bits per heavy atom. The van der Waals surface area contributed by atoms with Crippen LogP contribution in [0.4, 0.5) is 5.82 Å². The van der Waals surface area contributed by atoms with Crippen molar-refractivity contribution in [2.45, 2.75) is 20.0 Å². The molecule has 2 rings (SSSR count). The summed E-state index contributed by atoms with van der Waals surface area (Å²) in [4.78, 5) is 12.0. The zero-order chi connectivity index (χ0) is 15.8. The lowest BCUT2D eigenvalue weighted by molar-refractivity contribution is -0.127. The fourth-order valence-electron chi connectivity index (χ4n) is 1.85. The normalized spacial score (nSPS) is 12.1. The van der Waals surface area contributed by atoms with Crippen molar-refractivity contribution in [3.05, 3.63) is 42.6 Å². The van der Waals surface area contributed by atoms with E-state index in [1.807, 2.05) is 37.3 Å². The number of anilines is 1. The number of carbonyl (C=O) groups is 1. The number of nitrogens with zero attached hydrogens (tertiary/aromatic N) is 2. The molecule has 6 heteroatoms. The van der Waals surface area contributed by atoms with Gasteiger partial charge in [0.2, 0.25) is 0 Å². The molecule has 6 nitrogen and oxygen atoms in total. The van der Waals surface area contributed by atoms with Crippen molar-refractivity contribution >= 4 is 11.7 Å². The fourth-order valence-corrected chi connectivity index (χ4v) is 1.85. The quantitative estimate of drug-likeness (QED) is 0.760. The second-order valence-corrected chi connectivity index (χ2v) is 4.68. The van der Waals surface area contributed by atoms with Gasteiger partial charge < -0.3 is 14.8 Å². The largest absolute Gasteiger partial charge is 0.379 e. The molecule has 0 saturated carbocycles. The van der Waals surface area contributed by atoms with E-state index in [2.05, 4.69) is 10.4 Å². The summed E-state index contributed by atoms with van der Waals surface area (Å²) in [5.41, 5.74) is 0.934. The number of carbonyl (C=O) groups excluding carboxylic acids is 1. The number of aromatic nitrogens is 2. The van der Waals surface area contributed by atoms with E-state index in [0.717, 1.165) is 5.69 Å². The smallest absolute Gasteiger partial charge is 0.254 e. The molecule has 22 heavy (non-hydrogen) atoms. The molecule has 0 aliphatic carbocycles. The summed E-state index contributed by atoms with van der Waals surface area (Å²) in [5.74, 6) is 0.268. The first-order valence-electron chi connectivity index (χ1n) is 7.32. The molecule has 0 fully saturated rings. The molecule has 1 heterocycles. The average Bonchev–Trinajstić information content (AvgIpc) is 3.00. The predicted molar refractivity (Wildman–Crippen MR) is 84.1 cm³/mol. The minimum atomic E-state index is -0.553. The molecule has 0 saturated heterocycles. The van der Waals surface area contributed by atoms with E-state index in [-0.39, 0.29) is 5.91 Å². The summed E-state index contributed by atoms with van der Waals surface area (Å²) >= 11 is 0. The number of hydrogen-bond donors (Lipinski definition) is 1. The number of ether oxygens (including phenoxy) is 2. The van der Waals surface area contributed by atoms with Crippen LogP contribution in [0.25, 0.3) is 5.69 Å². The van der Waals surface area contributed by atoms with Crippen molar-refractivity contribution in [2.75, 3.05) is 25.1 Å². The van der Waals surface area contributed by atoms with Crippen molar-refractivity contribution < 1.29 is 14.3 Å². The van der Waals surface area contributed by atoms with Gasteiger partial charge in [-0.25, -0.2) is 4.68 Å². The zero-order valence-electron chi connectivity index (χ0n) is 12.9. The molecule has 0 spiro atoms. The van der Waals surface area contributed by atoms with Gasteiger partial charge in [-0.1, -0.05) is 18.2 Å². The third kappa shape index (κ3) is 4.68. The zero-order valence-corrected chi connectivity index (χ0v) is 12.9. The highest BCUT2D eigenvalue weighted by molar-refractivity contribution is 5.93. The molecular formula is C16H21N3O3. The third-order valence-corrected chi connectivity index (χ3v) is 3.03. The highest BCUT2D eigenvalue weighted by atomic mass is 16.5. The van der Waals surface area contributed by atoms with Gasteiger partial charge in [0, 0.05) is 18.9 Å². The van der Waals surface area contributed by atoms with E-state index in [4.69, 9.17) is 9.47 Å². The van der Waals surface area contributed by atoms with Gasteiger partial charge in [-0.05, 0) is 26.0 Å². The van der Waals surface area contributed by atoms with Crippen LogP contribution >= 0.6 is 0 Å². The first-order valence-corrected chi connectivity index (χ1v) is 7.32. The monoisotopic (exact) mass is 303 g/mol. The molecular weight excluding hydrogens is 282 g/mol. The van der Waals surface area contributed by atoms with Gasteiger partial charge in [0.25, 0.3) is 5.91 Å². The minimum absolute atomic E-state index is 0.227. The maximum Gasteiger partial charge on any atom is 0.254 e. The molecule has 1 N–H and O–H groups in total. The lowest BCUT2D eigenvalue weighted by Crippen LogP contribution is -2.29. The summed E-state index contributed by atoms with van der Waals surface area (Å²) in [6.07, 6.45) is 1.24. The van der Waals surface area contributed by atoms with Gasteiger partial charge in [0.1, 0.15) is 6.10 Å². The predicted octanol–water partition coefficient (Wildman–Crippen LogP) is 2.25. The van der Waals surface area contributed by atoms with Crippen LogP contribution < -0.4 is 5.32 Å². The Bertz CT molecular complexity index is 583. The molecule has 1 aromatic heterocycles. The van der Waals surface area contributed by atoms with E-state index in [1.54, 1.807) is 23.9 Å². The third-order valence-electron chi connectivity index (χ3n) is 3.03. The van der Waals surface area contributed by atoms with Crippen LogP contribution in [0.5, 0.6) is 0 Å². The van der Waals surface area contributed by atoms with E-state index in [0.29, 0.717) is 25.6 Å². The van der Waals surface area contributed by atoms with Crippen molar-refractivity contribution in [3.63, 3.8) is 0 Å².